The lowest BCUT2D eigenvalue weighted by molar-refractivity contribution is -0.110. The number of halogens is 1. The summed E-state index contributed by atoms with van der Waals surface area (Å²) in [6.45, 7) is 2.02. The molecule has 0 fully saturated rings. The van der Waals surface area contributed by atoms with Gasteiger partial charge in [-0.3, -0.25) is 4.79 Å². The Morgan fingerprint density at radius 3 is 3.00 bits per heavy atom. The predicted octanol–water partition coefficient (Wildman–Crippen LogP) is 3.12. The maximum Gasteiger partial charge on any atom is 0.256 e. The number of carbonyl (C=O) groups excluding carboxylic acids is 1. The number of amides is 1. The second-order valence-electron chi connectivity index (χ2n) is 4.34. The predicted molar refractivity (Wildman–Crippen MR) is 75.9 cm³/mol. The van der Waals surface area contributed by atoms with Crippen molar-refractivity contribution in [1.82, 2.24) is 9.97 Å². The Labute approximate surface area is 115 Å². The molecular formula is C14H12ClN3O. The van der Waals surface area contributed by atoms with Gasteiger partial charge in [-0.05, 0) is 24.3 Å². The summed E-state index contributed by atoms with van der Waals surface area (Å²) in [5.74, 6) is 0.779. The molecule has 0 saturated heterocycles. The molecule has 1 aromatic carbocycles. The summed E-state index contributed by atoms with van der Waals surface area (Å²) in [6.07, 6.45) is 4.35. The molecule has 5 heteroatoms. The van der Waals surface area contributed by atoms with Crippen LogP contribution in [0.25, 0.3) is 11.6 Å². The molecule has 1 amide bonds. The van der Waals surface area contributed by atoms with Crippen LogP contribution in [0.4, 0.5) is 5.69 Å². The third kappa shape index (κ3) is 2.15. The normalized spacial score (nSPS) is 15.7. The van der Waals surface area contributed by atoms with E-state index in [1.807, 2.05) is 6.92 Å². The fraction of sp³-hybridized carbons (Fsp3) is 0.143. The fourth-order valence-electron chi connectivity index (χ4n) is 2.09. The molecule has 3 rings (SSSR count). The number of nitrogens with one attached hydrogen (secondary N) is 2. The van der Waals surface area contributed by atoms with E-state index in [1.54, 1.807) is 30.5 Å². The Morgan fingerprint density at radius 2 is 2.26 bits per heavy atom. The highest BCUT2D eigenvalue weighted by atomic mass is 35.5. The number of imidazole rings is 1. The van der Waals surface area contributed by atoms with E-state index in [0.29, 0.717) is 10.6 Å². The number of fused-ring (bicyclic) bond motifs is 1. The smallest absolute Gasteiger partial charge is 0.256 e. The van der Waals surface area contributed by atoms with Gasteiger partial charge in [-0.15, -0.1) is 0 Å². The van der Waals surface area contributed by atoms with E-state index < -0.39 is 0 Å². The van der Waals surface area contributed by atoms with E-state index in [4.69, 9.17) is 11.6 Å². The second kappa shape index (κ2) is 4.55. The van der Waals surface area contributed by atoms with Crippen LogP contribution < -0.4 is 5.32 Å². The van der Waals surface area contributed by atoms with Crippen LogP contribution in [-0.4, -0.2) is 15.9 Å². The average molecular weight is 274 g/mol. The van der Waals surface area contributed by atoms with Crippen LogP contribution in [0.15, 0.2) is 24.4 Å². The standard InChI is InChI=1S/C14H12ClN3O/c1-2-13-16-7-9(17-13)6-11-10-5-8(15)3-4-12(10)18-14(11)19/h3-7H,2H2,1H3,(H,16,17)(H,18,19). The summed E-state index contributed by atoms with van der Waals surface area (Å²) < 4.78 is 0. The zero-order valence-electron chi connectivity index (χ0n) is 10.3. The van der Waals surface area contributed by atoms with Crippen LogP contribution in [-0.2, 0) is 11.2 Å². The number of benzene rings is 1. The minimum atomic E-state index is -0.120. The van der Waals surface area contributed by atoms with Crippen molar-refractivity contribution in [3.8, 4) is 0 Å². The molecule has 2 N–H and O–H groups in total. The third-order valence-electron chi connectivity index (χ3n) is 3.05. The number of aromatic amines is 1. The van der Waals surface area contributed by atoms with Gasteiger partial charge in [-0.1, -0.05) is 18.5 Å². The van der Waals surface area contributed by atoms with Crippen molar-refractivity contribution in [2.45, 2.75) is 13.3 Å². The van der Waals surface area contributed by atoms with Crippen molar-refractivity contribution in [2.75, 3.05) is 5.32 Å². The van der Waals surface area contributed by atoms with Crippen LogP contribution in [0.5, 0.6) is 0 Å². The first-order chi connectivity index (χ1) is 9.17. The maximum atomic E-state index is 12.0. The second-order valence-corrected chi connectivity index (χ2v) is 4.78. The SMILES string of the molecule is CCc1ncc(C=C2C(=O)Nc3ccc(Cl)cc32)[nH]1. The number of anilines is 1. The van der Waals surface area contributed by atoms with Crippen molar-refractivity contribution >= 4 is 34.8 Å². The van der Waals surface area contributed by atoms with Gasteiger partial charge in [0.1, 0.15) is 5.82 Å². The molecule has 0 radical (unpaired) electrons. The van der Waals surface area contributed by atoms with Crippen molar-refractivity contribution < 1.29 is 4.79 Å². The lowest BCUT2D eigenvalue weighted by Gasteiger charge is -1.98. The highest BCUT2D eigenvalue weighted by molar-refractivity contribution is 6.36. The molecule has 0 unspecified atom stereocenters. The van der Waals surface area contributed by atoms with Crippen LogP contribution in [0, 0.1) is 0 Å². The Hall–Kier alpha value is -2.07. The first-order valence-electron chi connectivity index (χ1n) is 6.04. The molecule has 1 aliphatic heterocycles. The molecule has 1 aromatic heterocycles. The van der Waals surface area contributed by atoms with Gasteiger partial charge < -0.3 is 10.3 Å². The van der Waals surface area contributed by atoms with E-state index in [-0.39, 0.29) is 5.91 Å². The number of hydrogen-bond acceptors (Lipinski definition) is 2. The van der Waals surface area contributed by atoms with Crippen molar-refractivity contribution in [3.63, 3.8) is 0 Å². The zero-order valence-corrected chi connectivity index (χ0v) is 11.1. The number of rotatable bonds is 2. The lowest BCUT2D eigenvalue weighted by atomic mass is 10.1. The summed E-state index contributed by atoms with van der Waals surface area (Å²) >= 11 is 5.98. The first kappa shape index (κ1) is 12.0. The molecule has 0 aliphatic carbocycles. The number of hydrogen-bond donors (Lipinski definition) is 2. The first-order valence-corrected chi connectivity index (χ1v) is 6.42. The van der Waals surface area contributed by atoms with Crippen LogP contribution in [0.3, 0.4) is 0 Å². The van der Waals surface area contributed by atoms with Gasteiger partial charge in [-0.25, -0.2) is 4.98 Å². The molecule has 0 atom stereocenters. The van der Waals surface area contributed by atoms with Gasteiger partial charge in [0.2, 0.25) is 0 Å². The number of nitrogens with zero attached hydrogens (tertiary/aromatic N) is 1. The van der Waals surface area contributed by atoms with Crippen molar-refractivity contribution in [3.05, 3.63) is 46.5 Å². The van der Waals surface area contributed by atoms with Crippen LogP contribution >= 0.6 is 11.6 Å². The molecule has 0 spiro atoms. The average Bonchev–Trinajstić information content (AvgIpc) is 2.96. The van der Waals surface area contributed by atoms with Gasteiger partial charge in [-0.2, -0.15) is 0 Å². The Kier molecular flexibility index (Phi) is 2.87. The highest BCUT2D eigenvalue weighted by Gasteiger charge is 2.24. The lowest BCUT2D eigenvalue weighted by Crippen LogP contribution is -2.03. The van der Waals surface area contributed by atoms with Crippen molar-refractivity contribution in [2.24, 2.45) is 0 Å². The number of H-pyrrole nitrogens is 1. The molecule has 0 bridgehead atoms. The Balaban J connectivity index is 2.06. The van der Waals surface area contributed by atoms with E-state index in [1.165, 1.54) is 0 Å². The number of aromatic nitrogens is 2. The highest BCUT2D eigenvalue weighted by Crippen LogP contribution is 2.34. The third-order valence-corrected chi connectivity index (χ3v) is 3.28. The van der Waals surface area contributed by atoms with E-state index in [0.717, 1.165) is 29.2 Å². The van der Waals surface area contributed by atoms with Crippen molar-refractivity contribution in [1.29, 1.82) is 0 Å². The molecule has 96 valence electrons. The summed E-state index contributed by atoms with van der Waals surface area (Å²) in [6, 6.07) is 5.35. The quantitative estimate of drug-likeness (QED) is 0.826. The Morgan fingerprint density at radius 1 is 1.42 bits per heavy atom. The van der Waals surface area contributed by atoms with E-state index in [2.05, 4.69) is 15.3 Å². The zero-order chi connectivity index (χ0) is 13.4. The van der Waals surface area contributed by atoms with Gasteiger partial charge in [0.15, 0.2) is 0 Å². The summed E-state index contributed by atoms with van der Waals surface area (Å²) in [7, 11) is 0. The van der Waals surface area contributed by atoms with Gasteiger partial charge in [0.05, 0.1) is 17.5 Å². The molecule has 4 nitrogen and oxygen atoms in total. The molecule has 19 heavy (non-hydrogen) atoms. The van der Waals surface area contributed by atoms with Gasteiger partial charge in [0.25, 0.3) is 5.91 Å². The topological polar surface area (TPSA) is 57.8 Å². The maximum absolute atomic E-state index is 12.0. The minimum absolute atomic E-state index is 0.120. The largest absolute Gasteiger partial charge is 0.342 e. The van der Waals surface area contributed by atoms with E-state index >= 15 is 0 Å². The molecule has 2 aromatic rings. The van der Waals surface area contributed by atoms with Crippen LogP contribution in [0.2, 0.25) is 5.02 Å². The summed E-state index contributed by atoms with van der Waals surface area (Å²) in [5.41, 5.74) is 3.03. The molecular weight excluding hydrogens is 262 g/mol. The van der Waals surface area contributed by atoms with Gasteiger partial charge >= 0.3 is 0 Å². The molecule has 2 heterocycles. The summed E-state index contributed by atoms with van der Waals surface area (Å²) in [4.78, 5) is 19.3. The van der Waals surface area contributed by atoms with Gasteiger partial charge in [0, 0.05) is 22.7 Å². The summed E-state index contributed by atoms with van der Waals surface area (Å²) in [5, 5.41) is 3.43. The van der Waals surface area contributed by atoms with Crippen LogP contribution in [0.1, 0.15) is 24.0 Å². The minimum Gasteiger partial charge on any atom is -0.342 e. The monoisotopic (exact) mass is 273 g/mol. The number of carbonyl (C=O) groups is 1. The Bertz CT molecular complexity index is 688. The molecule has 0 saturated carbocycles. The number of aryl methyl sites for hydroxylation is 1. The molecule has 1 aliphatic rings. The fourth-order valence-corrected chi connectivity index (χ4v) is 2.26. The van der Waals surface area contributed by atoms with E-state index in [9.17, 15) is 4.79 Å².